The molecule has 0 atom stereocenters. The third-order valence-corrected chi connectivity index (χ3v) is 3.50. The molecule has 19 heavy (non-hydrogen) atoms. The van der Waals surface area contributed by atoms with Crippen LogP contribution in [0.4, 0.5) is 5.95 Å². The van der Waals surface area contributed by atoms with Gasteiger partial charge in [-0.05, 0) is 52.4 Å². The first-order valence-corrected chi connectivity index (χ1v) is 7.05. The predicted molar refractivity (Wildman–Crippen MR) is 81.6 cm³/mol. The highest BCUT2D eigenvalue weighted by atomic mass is 15.1. The van der Waals surface area contributed by atoms with Crippen molar-refractivity contribution >= 4 is 17.0 Å². The van der Waals surface area contributed by atoms with Gasteiger partial charge >= 0.3 is 0 Å². The molecule has 2 aromatic rings. The minimum Gasteiger partial charge on any atom is -0.356 e. The zero-order chi connectivity index (χ0) is 13.7. The SMILES string of the molecule is CC(C)N(C)CCCCNc1nc2ccccc2[nH]1. The number of nitrogens with one attached hydrogen (secondary N) is 2. The number of aromatic nitrogens is 2. The number of benzene rings is 1. The summed E-state index contributed by atoms with van der Waals surface area (Å²) in [5.41, 5.74) is 2.11. The molecular formula is C15H24N4. The molecular weight excluding hydrogens is 236 g/mol. The summed E-state index contributed by atoms with van der Waals surface area (Å²) >= 11 is 0. The standard InChI is InChI=1S/C15H24N4/c1-12(2)19(3)11-7-6-10-16-15-17-13-8-4-5-9-14(13)18-15/h4-5,8-9,12H,6-7,10-11H2,1-3H3,(H2,16,17,18). The van der Waals surface area contributed by atoms with Crippen molar-refractivity contribution < 1.29 is 0 Å². The average Bonchev–Trinajstić information content (AvgIpc) is 2.80. The molecule has 0 radical (unpaired) electrons. The fourth-order valence-electron chi connectivity index (χ4n) is 1.99. The Morgan fingerprint density at radius 1 is 1.26 bits per heavy atom. The van der Waals surface area contributed by atoms with E-state index in [2.05, 4.69) is 41.1 Å². The van der Waals surface area contributed by atoms with Crippen LogP contribution in [0.5, 0.6) is 0 Å². The largest absolute Gasteiger partial charge is 0.356 e. The zero-order valence-corrected chi connectivity index (χ0v) is 12.1. The molecule has 0 bridgehead atoms. The van der Waals surface area contributed by atoms with Crippen LogP contribution in [0.3, 0.4) is 0 Å². The fraction of sp³-hybridized carbons (Fsp3) is 0.533. The second-order valence-corrected chi connectivity index (χ2v) is 5.31. The summed E-state index contributed by atoms with van der Waals surface area (Å²) in [7, 11) is 2.18. The third-order valence-electron chi connectivity index (χ3n) is 3.50. The van der Waals surface area contributed by atoms with Gasteiger partial charge in [0.15, 0.2) is 0 Å². The van der Waals surface area contributed by atoms with E-state index in [4.69, 9.17) is 0 Å². The van der Waals surface area contributed by atoms with Crippen molar-refractivity contribution in [3.63, 3.8) is 0 Å². The Bertz CT molecular complexity index is 471. The van der Waals surface area contributed by atoms with Gasteiger partial charge in [0.25, 0.3) is 0 Å². The van der Waals surface area contributed by atoms with Gasteiger partial charge in [-0.1, -0.05) is 12.1 Å². The summed E-state index contributed by atoms with van der Waals surface area (Å²) in [6, 6.07) is 8.73. The van der Waals surface area contributed by atoms with Gasteiger partial charge in [-0.15, -0.1) is 0 Å². The molecule has 0 aliphatic carbocycles. The number of fused-ring (bicyclic) bond motifs is 1. The Morgan fingerprint density at radius 3 is 2.79 bits per heavy atom. The maximum atomic E-state index is 4.50. The number of H-pyrrole nitrogens is 1. The van der Waals surface area contributed by atoms with Crippen LogP contribution < -0.4 is 5.32 Å². The van der Waals surface area contributed by atoms with E-state index in [-0.39, 0.29) is 0 Å². The van der Waals surface area contributed by atoms with Crippen molar-refractivity contribution in [3.8, 4) is 0 Å². The normalized spacial score (nSPS) is 11.6. The first-order chi connectivity index (χ1) is 9.16. The molecule has 1 aromatic heterocycles. The lowest BCUT2D eigenvalue weighted by molar-refractivity contribution is 0.269. The number of imidazole rings is 1. The summed E-state index contributed by atoms with van der Waals surface area (Å²) in [6.07, 6.45) is 2.37. The van der Waals surface area contributed by atoms with Gasteiger partial charge in [0.05, 0.1) is 11.0 Å². The Balaban J connectivity index is 1.71. The van der Waals surface area contributed by atoms with E-state index >= 15 is 0 Å². The Labute approximate surface area is 115 Å². The highest BCUT2D eigenvalue weighted by Gasteiger charge is 2.03. The van der Waals surface area contributed by atoms with Gasteiger partial charge < -0.3 is 15.2 Å². The van der Waals surface area contributed by atoms with Crippen molar-refractivity contribution in [2.45, 2.75) is 32.7 Å². The van der Waals surface area contributed by atoms with Crippen molar-refractivity contribution in [1.29, 1.82) is 0 Å². The molecule has 1 aromatic carbocycles. The molecule has 0 unspecified atom stereocenters. The first-order valence-electron chi connectivity index (χ1n) is 7.05. The maximum absolute atomic E-state index is 4.50. The minimum atomic E-state index is 0.628. The van der Waals surface area contributed by atoms with Gasteiger partial charge in [-0.25, -0.2) is 4.98 Å². The number of anilines is 1. The topological polar surface area (TPSA) is 44.0 Å². The number of nitrogens with zero attached hydrogens (tertiary/aromatic N) is 2. The van der Waals surface area contributed by atoms with Crippen LogP contribution in [0.1, 0.15) is 26.7 Å². The van der Waals surface area contributed by atoms with Crippen molar-refractivity contribution in [3.05, 3.63) is 24.3 Å². The molecule has 4 heteroatoms. The summed E-state index contributed by atoms with van der Waals surface area (Å²) in [6.45, 7) is 6.57. The molecule has 0 saturated heterocycles. The lowest BCUT2D eigenvalue weighted by Crippen LogP contribution is -2.27. The number of para-hydroxylation sites is 2. The minimum absolute atomic E-state index is 0.628. The van der Waals surface area contributed by atoms with Crippen LogP contribution in [0.25, 0.3) is 11.0 Å². The summed E-state index contributed by atoms with van der Waals surface area (Å²) in [5.74, 6) is 0.874. The first kappa shape index (κ1) is 13.9. The van der Waals surface area contributed by atoms with Gasteiger partial charge in [0.1, 0.15) is 0 Å². The van der Waals surface area contributed by atoms with E-state index in [1.54, 1.807) is 0 Å². The molecule has 0 saturated carbocycles. The Morgan fingerprint density at radius 2 is 2.05 bits per heavy atom. The quantitative estimate of drug-likeness (QED) is 0.752. The molecule has 0 fully saturated rings. The molecule has 0 spiro atoms. The molecule has 4 nitrogen and oxygen atoms in total. The molecule has 0 aliphatic heterocycles. The van der Waals surface area contributed by atoms with Gasteiger partial charge in [-0.3, -0.25) is 0 Å². The molecule has 0 amide bonds. The van der Waals surface area contributed by atoms with Gasteiger partial charge in [-0.2, -0.15) is 0 Å². The molecule has 0 aliphatic rings. The van der Waals surface area contributed by atoms with E-state index in [0.717, 1.165) is 36.5 Å². The van der Waals surface area contributed by atoms with Gasteiger partial charge in [0, 0.05) is 12.6 Å². The Hall–Kier alpha value is -1.55. The van der Waals surface area contributed by atoms with Crippen LogP contribution >= 0.6 is 0 Å². The number of unbranched alkanes of at least 4 members (excludes halogenated alkanes) is 1. The zero-order valence-electron chi connectivity index (χ0n) is 12.1. The number of rotatable bonds is 7. The highest BCUT2D eigenvalue weighted by Crippen LogP contribution is 2.13. The third kappa shape index (κ3) is 3.96. The predicted octanol–water partition coefficient (Wildman–Crippen LogP) is 3.10. The van der Waals surface area contributed by atoms with E-state index < -0.39 is 0 Å². The smallest absolute Gasteiger partial charge is 0.201 e. The Kier molecular flexibility index (Phi) is 4.80. The van der Waals surface area contributed by atoms with Crippen LogP contribution in [-0.2, 0) is 0 Å². The highest BCUT2D eigenvalue weighted by molar-refractivity contribution is 5.77. The lowest BCUT2D eigenvalue weighted by atomic mass is 10.2. The van der Waals surface area contributed by atoms with Crippen LogP contribution in [0, 0.1) is 0 Å². The maximum Gasteiger partial charge on any atom is 0.201 e. The van der Waals surface area contributed by atoms with Gasteiger partial charge in [0.2, 0.25) is 5.95 Å². The molecule has 104 valence electrons. The van der Waals surface area contributed by atoms with Crippen LogP contribution in [-0.4, -0.2) is 41.0 Å². The van der Waals surface area contributed by atoms with Crippen molar-refractivity contribution in [2.75, 3.05) is 25.5 Å². The van der Waals surface area contributed by atoms with Crippen LogP contribution in [0.2, 0.25) is 0 Å². The lowest BCUT2D eigenvalue weighted by Gasteiger charge is -2.20. The molecule has 2 rings (SSSR count). The summed E-state index contributed by atoms with van der Waals surface area (Å²) in [4.78, 5) is 10.2. The molecule has 2 N–H and O–H groups in total. The summed E-state index contributed by atoms with van der Waals surface area (Å²) in [5, 5.41) is 3.35. The average molecular weight is 260 g/mol. The number of aromatic amines is 1. The number of hydrogen-bond acceptors (Lipinski definition) is 3. The van der Waals surface area contributed by atoms with E-state index in [1.165, 1.54) is 6.42 Å². The van der Waals surface area contributed by atoms with E-state index in [9.17, 15) is 0 Å². The molecule has 1 heterocycles. The van der Waals surface area contributed by atoms with E-state index in [1.807, 2.05) is 24.3 Å². The van der Waals surface area contributed by atoms with Crippen molar-refractivity contribution in [1.82, 2.24) is 14.9 Å². The van der Waals surface area contributed by atoms with E-state index in [0.29, 0.717) is 6.04 Å². The second-order valence-electron chi connectivity index (χ2n) is 5.31. The monoisotopic (exact) mass is 260 g/mol. The number of hydrogen-bond donors (Lipinski definition) is 2. The summed E-state index contributed by atoms with van der Waals surface area (Å²) < 4.78 is 0. The van der Waals surface area contributed by atoms with Crippen LogP contribution in [0.15, 0.2) is 24.3 Å². The fourth-order valence-corrected chi connectivity index (χ4v) is 1.99. The van der Waals surface area contributed by atoms with Crippen molar-refractivity contribution in [2.24, 2.45) is 0 Å². The second kappa shape index (κ2) is 6.57.